The van der Waals surface area contributed by atoms with Crippen molar-refractivity contribution >= 4 is 38.3 Å². The van der Waals surface area contributed by atoms with Gasteiger partial charge in [-0.05, 0) is 12.1 Å². The standard InChI is InChI=1S/C14H8BrClN2/c15-10-5-3-4-9(8-10)13-11-6-1-2-7-12(11)14(16)18-17-13/h1-8H. The topological polar surface area (TPSA) is 25.8 Å². The SMILES string of the molecule is Clc1nnc(-c2cccc(Br)c2)c2ccccc12. The van der Waals surface area contributed by atoms with E-state index in [9.17, 15) is 0 Å². The highest BCUT2D eigenvalue weighted by molar-refractivity contribution is 9.10. The third-order valence-corrected chi connectivity index (χ3v) is 3.51. The van der Waals surface area contributed by atoms with Crippen LogP contribution in [0.4, 0.5) is 0 Å². The molecule has 0 spiro atoms. The molecule has 0 unspecified atom stereocenters. The van der Waals surface area contributed by atoms with Gasteiger partial charge in [0, 0.05) is 20.8 Å². The fourth-order valence-electron chi connectivity index (χ4n) is 1.92. The Morgan fingerprint density at radius 3 is 2.44 bits per heavy atom. The van der Waals surface area contributed by atoms with Crippen molar-refractivity contribution in [2.24, 2.45) is 0 Å². The Kier molecular flexibility index (Phi) is 3.02. The number of benzene rings is 2. The van der Waals surface area contributed by atoms with E-state index in [-0.39, 0.29) is 0 Å². The fourth-order valence-corrected chi connectivity index (χ4v) is 2.52. The van der Waals surface area contributed by atoms with Crippen LogP contribution in [0.15, 0.2) is 53.0 Å². The van der Waals surface area contributed by atoms with Crippen molar-refractivity contribution in [3.8, 4) is 11.3 Å². The zero-order valence-corrected chi connectivity index (χ0v) is 11.6. The molecule has 88 valence electrons. The lowest BCUT2D eigenvalue weighted by Crippen LogP contribution is -1.91. The van der Waals surface area contributed by atoms with Crippen LogP contribution in [0, 0.1) is 0 Å². The predicted molar refractivity (Wildman–Crippen MR) is 77.7 cm³/mol. The summed E-state index contributed by atoms with van der Waals surface area (Å²) in [5, 5.41) is 10.6. The quantitative estimate of drug-likeness (QED) is 0.649. The van der Waals surface area contributed by atoms with Crippen LogP contribution in [0.5, 0.6) is 0 Å². The van der Waals surface area contributed by atoms with Crippen LogP contribution in [-0.2, 0) is 0 Å². The third-order valence-electron chi connectivity index (χ3n) is 2.74. The maximum Gasteiger partial charge on any atom is 0.159 e. The average molecular weight is 320 g/mol. The van der Waals surface area contributed by atoms with Crippen molar-refractivity contribution in [1.82, 2.24) is 10.2 Å². The highest BCUT2D eigenvalue weighted by Crippen LogP contribution is 2.30. The molecule has 0 fully saturated rings. The van der Waals surface area contributed by atoms with Gasteiger partial charge >= 0.3 is 0 Å². The van der Waals surface area contributed by atoms with Gasteiger partial charge in [-0.2, -0.15) is 0 Å². The second-order valence-electron chi connectivity index (χ2n) is 3.90. The van der Waals surface area contributed by atoms with Gasteiger partial charge in [0.05, 0.1) is 0 Å². The molecule has 0 amide bonds. The van der Waals surface area contributed by atoms with Crippen molar-refractivity contribution in [2.45, 2.75) is 0 Å². The van der Waals surface area contributed by atoms with Gasteiger partial charge in [0.2, 0.25) is 0 Å². The van der Waals surface area contributed by atoms with E-state index in [4.69, 9.17) is 11.6 Å². The van der Waals surface area contributed by atoms with E-state index in [1.54, 1.807) is 0 Å². The lowest BCUT2D eigenvalue weighted by atomic mass is 10.1. The maximum absolute atomic E-state index is 6.06. The average Bonchev–Trinajstić information content (AvgIpc) is 2.39. The molecule has 2 nitrogen and oxygen atoms in total. The van der Waals surface area contributed by atoms with Crippen LogP contribution in [0.2, 0.25) is 5.15 Å². The zero-order chi connectivity index (χ0) is 12.5. The van der Waals surface area contributed by atoms with E-state index in [2.05, 4.69) is 26.1 Å². The molecule has 0 bridgehead atoms. The van der Waals surface area contributed by atoms with Crippen LogP contribution < -0.4 is 0 Å². The molecule has 0 atom stereocenters. The zero-order valence-electron chi connectivity index (χ0n) is 9.27. The van der Waals surface area contributed by atoms with Crippen LogP contribution >= 0.6 is 27.5 Å². The number of rotatable bonds is 1. The van der Waals surface area contributed by atoms with Crippen molar-refractivity contribution in [1.29, 1.82) is 0 Å². The normalized spacial score (nSPS) is 10.8. The Morgan fingerprint density at radius 2 is 1.67 bits per heavy atom. The largest absolute Gasteiger partial charge is 0.159 e. The number of aromatic nitrogens is 2. The molecular weight excluding hydrogens is 312 g/mol. The molecule has 0 aliphatic carbocycles. The van der Waals surface area contributed by atoms with E-state index in [1.165, 1.54) is 0 Å². The first-order valence-corrected chi connectivity index (χ1v) is 6.59. The second-order valence-corrected chi connectivity index (χ2v) is 5.17. The van der Waals surface area contributed by atoms with E-state index >= 15 is 0 Å². The minimum Gasteiger partial charge on any atom is -0.148 e. The first kappa shape index (κ1) is 11.6. The Hall–Kier alpha value is -1.45. The predicted octanol–water partition coefficient (Wildman–Crippen LogP) is 4.71. The summed E-state index contributed by atoms with van der Waals surface area (Å²) in [5.41, 5.74) is 1.86. The minimum absolute atomic E-state index is 0.435. The molecule has 2 aromatic carbocycles. The molecule has 3 aromatic rings. The Morgan fingerprint density at radius 1 is 0.889 bits per heavy atom. The molecule has 0 aliphatic rings. The Bertz CT molecular complexity index is 728. The van der Waals surface area contributed by atoms with Crippen molar-refractivity contribution in [2.75, 3.05) is 0 Å². The summed E-state index contributed by atoms with van der Waals surface area (Å²) in [6.45, 7) is 0. The number of nitrogens with zero attached hydrogens (tertiary/aromatic N) is 2. The molecule has 0 radical (unpaired) electrons. The highest BCUT2D eigenvalue weighted by atomic mass is 79.9. The maximum atomic E-state index is 6.06. The summed E-state index contributed by atoms with van der Waals surface area (Å²) in [6.07, 6.45) is 0. The first-order valence-electron chi connectivity index (χ1n) is 5.42. The summed E-state index contributed by atoms with van der Waals surface area (Å²) in [7, 11) is 0. The molecule has 3 rings (SSSR count). The van der Waals surface area contributed by atoms with Crippen LogP contribution in [0.1, 0.15) is 0 Å². The lowest BCUT2D eigenvalue weighted by molar-refractivity contribution is 1.06. The molecule has 1 aromatic heterocycles. The van der Waals surface area contributed by atoms with Crippen molar-refractivity contribution in [3.63, 3.8) is 0 Å². The number of halogens is 2. The van der Waals surface area contributed by atoms with Crippen molar-refractivity contribution in [3.05, 3.63) is 58.2 Å². The number of fused-ring (bicyclic) bond motifs is 1. The molecule has 0 aliphatic heterocycles. The number of hydrogen-bond acceptors (Lipinski definition) is 2. The van der Waals surface area contributed by atoms with E-state index < -0.39 is 0 Å². The summed E-state index contributed by atoms with van der Waals surface area (Å²) in [4.78, 5) is 0. The molecule has 0 saturated heterocycles. The monoisotopic (exact) mass is 318 g/mol. The van der Waals surface area contributed by atoms with E-state index in [1.807, 2.05) is 48.5 Å². The van der Waals surface area contributed by atoms with Gasteiger partial charge in [-0.25, -0.2) is 0 Å². The summed E-state index contributed by atoms with van der Waals surface area (Å²) >= 11 is 9.53. The Balaban J connectivity index is 2.33. The molecular formula is C14H8BrClN2. The van der Waals surface area contributed by atoms with Gasteiger partial charge in [-0.3, -0.25) is 0 Å². The summed E-state index contributed by atoms with van der Waals surface area (Å²) in [5.74, 6) is 0. The lowest BCUT2D eigenvalue weighted by Gasteiger charge is -2.06. The van der Waals surface area contributed by atoms with E-state index in [0.717, 1.165) is 26.5 Å². The van der Waals surface area contributed by atoms with Gasteiger partial charge in [0.15, 0.2) is 5.15 Å². The van der Waals surface area contributed by atoms with Gasteiger partial charge in [0.25, 0.3) is 0 Å². The molecule has 4 heteroatoms. The molecule has 0 saturated carbocycles. The first-order chi connectivity index (χ1) is 8.75. The molecule has 0 N–H and O–H groups in total. The fraction of sp³-hybridized carbons (Fsp3) is 0. The smallest absolute Gasteiger partial charge is 0.148 e. The highest BCUT2D eigenvalue weighted by Gasteiger charge is 2.09. The van der Waals surface area contributed by atoms with Gasteiger partial charge in [0.1, 0.15) is 5.69 Å². The van der Waals surface area contributed by atoms with Crippen LogP contribution in [-0.4, -0.2) is 10.2 Å². The minimum atomic E-state index is 0.435. The third kappa shape index (κ3) is 2.00. The summed E-state index contributed by atoms with van der Waals surface area (Å²) in [6, 6.07) is 15.9. The molecule has 18 heavy (non-hydrogen) atoms. The summed E-state index contributed by atoms with van der Waals surface area (Å²) < 4.78 is 1.01. The van der Waals surface area contributed by atoms with Gasteiger partial charge in [-0.15, -0.1) is 10.2 Å². The van der Waals surface area contributed by atoms with E-state index in [0.29, 0.717) is 5.15 Å². The van der Waals surface area contributed by atoms with Crippen molar-refractivity contribution < 1.29 is 0 Å². The second kappa shape index (κ2) is 4.67. The van der Waals surface area contributed by atoms with Crippen LogP contribution in [0.25, 0.3) is 22.0 Å². The van der Waals surface area contributed by atoms with Gasteiger partial charge < -0.3 is 0 Å². The van der Waals surface area contributed by atoms with Gasteiger partial charge in [-0.1, -0.05) is 63.9 Å². The Labute approximate surface area is 118 Å². The van der Waals surface area contributed by atoms with Crippen LogP contribution in [0.3, 0.4) is 0 Å². The number of hydrogen-bond donors (Lipinski definition) is 0. The molecule has 1 heterocycles.